The predicted molar refractivity (Wildman–Crippen MR) is 79.6 cm³/mol. The van der Waals surface area contributed by atoms with E-state index in [1.165, 1.54) is 0 Å². The molecule has 1 saturated heterocycles. The van der Waals surface area contributed by atoms with Crippen molar-refractivity contribution < 1.29 is 9.59 Å². The van der Waals surface area contributed by atoms with Crippen LogP contribution < -0.4 is 4.90 Å². The third-order valence-corrected chi connectivity index (χ3v) is 3.70. The van der Waals surface area contributed by atoms with Crippen molar-refractivity contribution in [3.05, 3.63) is 29.8 Å². The first-order chi connectivity index (χ1) is 9.63. The van der Waals surface area contributed by atoms with Gasteiger partial charge in [0.15, 0.2) is 0 Å². The molecule has 20 heavy (non-hydrogen) atoms. The fourth-order valence-corrected chi connectivity index (χ4v) is 2.59. The van der Waals surface area contributed by atoms with E-state index in [1.807, 2.05) is 38.1 Å². The van der Waals surface area contributed by atoms with Gasteiger partial charge in [0, 0.05) is 25.3 Å². The Hall–Kier alpha value is -1.84. The van der Waals surface area contributed by atoms with Crippen LogP contribution in [0.25, 0.3) is 0 Å². The summed E-state index contributed by atoms with van der Waals surface area (Å²) in [5.41, 5.74) is 1.88. The van der Waals surface area contributed by atoms with Crippen molar-refractivity contribution in [2.45, 2.75) is 33.1 Å². The molecule has 4 nitrogen and oxygen atoms in total. The minimum atomic E-state index is -0.417. The highest BCUT2D eigenvalue weighted by Gasteiger charge is 2.27. The second kappa shape index (κ2) is 6.55. The number of amides is 2. The predicted octanol–water partition coefficient (Wildman–Crippen LogP) is 2.36. The first kappa shape index (κ1) is 14.6. The summed E-state index contributed by atoms with van der Waals surface area (Å²) in [6, 6.07) is 7.70. The van der Waals surface area contributed by atoms with Crippen molar-refractivity contribution in [3.63, 3.8) is 0 Å². The van der Waals surface area contributed by atoms with Gasteiger partial charge in [-0.2, -0.15) is 0 Å². The van der Waals surface area contributed by atoms with E-state index in [4.69, 9.17) is 0 Å². The smallest absolute Gasteiger partial charge is 0.316 e. The largest absolute Gasteiger partial charge is 0.334 e. The van der Waals surface area contributed by atoms with Crippen LogP contribution >= 0.6 is 0 Å². The fraction of sp³-hybridized carbons (Fsp3) is 0.500. The van der Waals surface area contributed by atoms with Crippen LogP contribution in [0.5, 0.6) is 0 Å². The first-order valence-electron chi connectivity index (χ1n) is 7.31. The van der Waals surface area contributed by atoms with Gasteiger partial charge < -0.3 is 9.80 Å². The van der Waals surface area contributed by atoms with Gasteiger partial charge in [-0.3, -0.25) is 9.59 Å². The van der Waals surface area contributed by atoms with E-state index in [2.05, 4.69) is 0 Å². The van der Waals surface area contributed by atoms with Gasteiger partial charge in [-0.15, -0.1) is 0 Å². The van der Waals surface area contributed by atoms with E-state index in [0.717, 1.165) is 30.5 Å². The van der Waals surface area contributed by atoms with Gasteiger partial charge in [-0.05, 0) is 50.8 Å². The zero-order valence-corrected chi connectivity index (χ0v) is 12.3. The Kier molecular flexibility index (Phi) is 4.77. The maximum atomic E-state index is 12.4. The number of carbonyl (C=O) groups is 2. The van der Waals surface area contributed by atoms with Gasteiger partial charge in [0.1, 0.15) is 0 Å². The Morgan fingerprint density at radius 1 is 1.20 bits per heavy atom. The number of rotatable bonds is 2. The molecule has 0 bridgehead atoms. The van der Waals surface area contributed by atoms with Crippen molar-refractivity contribution in [2.75, 3.05) is 24.5 Å². The molecule has 1 aliphatic heterocycles. The van der Waals surface area contributed by atoms with Gasteiger partial charge >= 0.3 is 11.8 Å². The lowest BCUT2D eigenvalue weighted by Gasteiger charge is -2.29. The molecule has 1 heterocycles. The Morgan fingerprint density at radius 3 is 2.50 bits per heavy atom. The molecule has 0 N–H and O–H groups in total. The number of benzene rings is 1. The normalized spacial score (nSPS) is 15.0. The van der Waals surface area contributed by atoms with E-state index in [9.17, 15) is 9.59 Å². The monoisotopic (exact) mass is 274 g/mol. The number of anilines is 1. The van der Waals surface area contributed by atoms with E-state index < -0.39 is 5.91 Å². The Labute approximate surface area is 120 Å². The minimum Gasteiger partial charge on any atom is -0.334 e. The van der Waals surface area contributed by atoms with Crippen LogP contribution in [0.4, 0.5) is 5.69 Å². The van der Waals surface area contributed by atoms with Gasteiger partial charge in [0.05, 0.1) is 0 Å². The first-order valence-corrected chi connectivity index (χ1v) is 7.31. The average molecular weight is 274 g/mol. The summed E-state index contributed by atoms with van der Waals surface area (Å²) >= 11 is 0. The molecule has 1 aromatic carbocycles. The Bertz CT molecular complexity index is 493. The van der Waals surface area contributed by atoms with Crippen LogP contribution in [0.3, 0.4) is 0 Å². The summed E-state index contributed by atoms with van der Waals surface area (Å²) in [7, 11) is 0. The van der Waals surface area contributed by atoms with Crippen molar-refractivity contribution in [2.24, 2.45) is 0 Å². The summed E-state index contributed by atoms with van der Waals surface area (Å²) in [5.74, 6) is -0.784. The van der Waals surface area contributed by atoms with E-state index in [-0.39, 0.29) is 5.91 Å². The number of aryl methyl sites for hydroxylation is 1. The van der Waals surface area contributed by atoms with Crippen LogP contribution in [-0.4, -0.2) is 36.3 Å². The van der Waals surface area contributed by atoms with Crippen LogP contribution in [0.15, 0.2) is 24.3 Å². The highest BCUT2D eigenvalue weighted by molar-refractivity contribution is 6.40. The lowest BCUT2D eigenvalue weighted by Crippen LogP contribution is -2.47. The topological polar surface area (TPSA) is 40.6 Å². The maximum absolute atomic E-state index is 12.4. The van der Waals surface area contributed by atoms with Gasteiger partial charge in [-0.25, -0.2) is 0 Å². The standard InChI is InChI=1S/C16H22N2O2/c1-3-18(14-9-7-8-13(2)12-14)16(20)15(19)17-10-5-4-6-11-17/h7-9,12H,3-6,10-11H2,1-2H3. The van der Waals surface area contributed by atoms with Crippen molar-refractivity contribution >= 4 is 17.5 Å². The lowest BCUT2D eigenvalue weighted by molar-refractivity contribution is -0.145. The van der Waals surface area contributed by atoms with Crippen LogP contribution in [-0.2, 0) is 9.59 Å². The Morgan fingerprint density at radius 2 is 1.90 bits per heavy atom. The molecule has 1 aliphatic rings. The van der Waals surface area contributed by atoms with E-state index >= 15 is 0 Å². The molecule has 0 spiro atoms. The lowest BCUT2D eigenvalue weighted by atomic mass is 10.1. The zero-order valence-electron chi connectivity index (χ0n) is 12.3. The number of piperidine rings is 1. The molecule has 0 aliphatic carbocycles. The minimum absolute atomic E-state index is 0.368. The van der Waals surface area contributed by atoms with Gasteiger partial charge in [0.2, 0.25) is 0 Å². The van der Waals surface area contributed by atoms with Crippen molar-refractivity contribution in [1.82, 2.24) is 4.90 Å². The number of likely N-dealkylation sites (N-methyl/N-ethyl adjacent to an activating group) is 1. The molecule has 0 unspecified atom stereocenters. The molecule has 0 aromatic heterocycles. The molecule has 2 rings (SSSR count). The molecule has 4 heteroatoms. The molecule has 0 saturated carbocycles. The molecular formula is C16H22N2O2. The SMILES string of the molecule is CCN(C(=O)C(=O)N1CCCCC1)c1cccc(C)c1. The fourth-order valence-electron chi connectivity index (χ4n) is 2.59. The molecule has 0 atom stereocenters. The highest BCUT2D eigenvalue weighted by Crippen LogP contribution is 2.17. The zero-order chi connectivity index (χ0) is 14.5. The third-order valence-electron chi connectivity index (χ3n) is 3.70. The summed E-state index contributed by atoms with van der Waals surface area (Å²) < 4.78 is 0. The van der Waals surface area contributed by atoms with E-state index in [0.29, 0.717) is 19.6 Å². The number of nitrogens with zero attached hydrogens (tertiary/aromatic N) is 2. The molecule has 108 valence electrons. The quantitative estimate of drug-likeness (QED) is 0.777. The summed E-state index contributed by atoms with van der Waals surface area (Å²) in [5, 5.41) is 0. The van der Waals surface area contributed by atoms with Crippen LogP contribution in [0.1, 0.15) is 31.7 Å². The molecule has 1 aromatic rings. The second-order valence-corrected chi connectivity index (χ2v) is 5.24. The van der Waals surface area contributed by atoms with Gasteiger partial charge in [0.25, 0.3) is 0 Å². The highest BCUT2D eigenvalue weighted by atomic mass is 16.2. The summed E-state index contributed by atoms with van der Waals surface area (Å²) in [4.78, 5) is 28.0. The van der Waals surface area contributed by atoms with Crippen molar-refractivity contribution in [3.8, 4) is 0 Å². The number of hydrogen-bond acceptors (Lipinski definition) is 2. The van der Waals surface area contributed by atoms with Crippen LogP contribution in [0.2, 0.25) is 0 Å². The number of carbonyl (C=O) groups excluding carboxylic acids is 2. The Balaban J connectivity index is 2.14. The maximum Gasteiger partial charge on any atom is 0.316 e. The molecule has 2 amide bonds. The third kappa shape index (κ3) is 3.18. The second-order valence-electron chi connectivity index (χ2n) is 5.24. The number of hydrogen-bond donors (Lipinski definition) is 0. The van der Waals surface area contributed by atoms with E-state index in [1.54, 1.807) is 9.80 Å². The van der Waals surface area contributed by atoms with Crippen LogP contribution in [0, 0.1) is 6.92 Å². The summed E-state index contributed by atoms with van der Waals surface area (Å²) in [6.07, 6.45) is 3.14. The number of likely N-dealkylation sites (tertiary alicyclic amines) is 1. The summed E-state index contributed by atoms with van der Waals surface area (Å²) in [6.45, 7) is 5.78. The molecular weight excluding hydrogens is 252 g/mol. The molecule has 0 radical (unpaired) electrons. The van der Waals surface area contributed by atoms with Gasteiger partial charge in [-0.1, -0.05) is 12.1 Å². The van der Waals surface area contributed by atoms with Crippen molar-refractivity contribution in [1.29, 1.82) is 0 Å². The average Bonchev–Trinajstić information content (AvgIpc) is 2.48. The molecule has 1 fully saturated rings.